The van der Waals surface area contributed by atoms with E-state index in [2.05, 4.69) is 36.7 Å². The van der Waals surface area contributed by atoms with E-state index in [1.165, 1.54) is 24.7 Å². The first-order valence-corrected chi connectivity index (χ1v) is 5.53. The van der Waals surface area contributed by atoms with Gasteiger partial charge in [0.2, 0.25) is 0 Å². The molecule has 1 aromatic heterocycles. The Labute approximate surface area is 110 Å². The highest BCUT2D eigenvalue weighted by atomic mass is 79.9. The molecule has 2 aromatic rings. The zero-order valence-electron chi connectivity index (χ0n) is 8.95. The Morgan fingerprint density at radius 2 is 2.17 bits per heavy atom. The van der Waals surface area contributed by atoms with Gasteiger partial charge in [-0.1, -0.05) is 0 Å². The summed E-state index contributed by atoms with van der Waals surface area (Å²) < 4.78 is 1.60. The number of nitrogen functional groups attached to an aromatic ring is 1. The molecule has 18 heavy (non-hydrogen) atoms. The second-order valence-electron chi connectivity index (χ2n) is 3.29. The maximum absolute atomic E-state index is 9.57. The van der Waals surface area contributed by atoms with Crippen LogP contribution in [0.3, 0.4) is 0 Å². The first-order valence-electron chi connectivity index (χ1n) is 4.73. The van der Waals surface area contributed by atoms with Crippen LogP contribution < -0.4 is 11.3 Å². The SMILES string of the molecule is Nn1cnnc1N/N=C/c1cc(Br)c(O)cc1O. The molecule has 0 unspecified atom stereocenters. The molecule has 1 heterocycles. The minimum atomic E-state index is -0.101. The van der Waals surface area contributed by atoms with Gasteiger partial charge in [-0.2, -0.15) is 5.10 Å². The summed E-state index contributed by atoms with van der Waals surface area (Å²) in [4.78, 5) is 0. The van der Waals surface area contributed by atoms with E-state index >= 15 is 0 Å². The van der Waals surface area contributed by atoms with Crippen molar-refractivity contribution in [3.05, 3.63) is 28.5 Å². The summed E-state index contributed by atoms with van der Waals surface area (Å²) in [6, 6.07) is 2.72. The number of hydrazone groups is 1. The fraction of sp³-hybridized carbons (Fsp3) is 0. The summed E-state index contributed by atoms with van der Waals surface area (Å²) in [5.41, 5.74) is 2.96. The third kappa shape index (κ3) is 2.51. The number of phenols is 2. The zero-order chi connectivity index (χ0) is 13.1. The van der Waals surface area contributed by atoms with Crippen LogP contribution in [0.5, 0.6) is 11.5 Å². The Morgan fingerprint density at radius 1 is 1.39 bits per heavy atom. The minimum absolute atomic E-state index is 0.0562. The number of hydrogen-bond donors (Lipinski definition) is 4. The molecule has 0 radical (unpaired) electrons. The predicted octanol–water partition coefficient (Wildman–Crippen LogP) is 0.612. The van der Waals surface area contributed by atoms with Crippen LogP contribution in [0.2, 0.25) is 0 Å². The van der Waals surface area contributed by atoms with Gasteiger partial charge in [0.05, 0.1) is 10.7 Å². The number of aromatic nitrogens is 3. The molecular weight excluding hydrogens is 304 g/mol. The van der Waals surface area contributed by atoms with Gasteiger partial charge in [-0.15, -0.1) is 10.2 Å². The standard InChI is InChI=1S/C9H9BrN6O2/c10-6-1-5(7(17)2-8(6)18)3-12-14-9-15-13-4-16(9)11/h1-4,17-18H,11H2,(H,14,15)/b12-3+. The van der Waals surface area contributed by atoms with Gasteiger partial charge in [-0.05, 0) is 22.0 Å². The average molecular weight is 313 g/mol. The monoisotopic (exact) mass is 312 g/mol. The van der Waals surface area contributed by atoms with Crippen molar-refractivity contribution in [2.75, 3.05) is 11.3 Å². The molecule has 0 amide bonds. The highest BCUT2D eigenvalue weighted by molar-refractivity contribution is 9.10. The molecule has 8 nitrogen and oxygen atoms in total. The van der Waals surface area contributed by atoms with E-state index < -0.39 is 0 Å². The molecule has 94 valence electrons. The lowest BCUT2D eigenvalue weighted by molar-refractivity contribution is 0.448. The molecule has 0 aliphatic rings. The molecule has 0 aliphatic heterocycles. The topological polar surface area (TPSA) is 122 Å². The third-order valence-electron chi connectivity index (χ3n) is 2.04. The smallest absolute Gasteiger partial charge is 0.263 e. The number of nitrogens with one attached hydrogen (secondary N) is 1. The number of rotatable bonds is 3. The molecule has 2 rings (SSSR count). The third-order valence-corrected chi connectivity index (χ3v) is 2.67. The summed E-state index contributed by atoms with van der Waals surface area (Å²) in [6.07, 6.45) is 2.67. The molecule has 0 spiro atoms. The largest absolute Gasteiger partial charge is 0.507 e. The minimum Gasteiger partial charge on any atom is -0.507 e. The van der Waals surface area contributed by atoms with E-state index in [-0.39, 0.29) is 17.4 Å². The van der Waals surface area contributed by atoms with E-state index in [4.69, 9.17) is 5.84 Å². The summed E-state index contributed by atoms with van der Waals surface area (Å²) in [5, 5.41) is 29.9. The second kappa shape index (κ2) is 4.92. The molecule has 0 saturated carbocycles. The fourth-order valence-electron chi connectivity index (χ4n) is 1.15. The normalized spacial score (nSPS) is 10.9. The van der Waals surface area contributed by atoms with E-state index in [0.717, 1.165) is 4.68 Å². The first-order chi connectivity index (χ1) is 8.58. The average Bonchev–Trinajstić information content (AvgIpc) is 2.72. The van der Waals surface area contributed by atoms with Crippen LogP contribution in [0.1, 0.15) is 5.56 Å². The van der Waals surface area contributed by atoms with Crippen molar-refractivity contribution in [2.45, 2.75) is 0 Å². The summed E-state index contributed by atoms with van der Waals surface area (Å²) in [5.74, 6) is 5.55. The van der Waals surface area contributed by atoms with E-state index in [9.17, 15) is 10.2 Å². The van der Waals surface area contributed by atoms with Crippen LogP contribution in [-0.2, 0) is 0 Å². The number of nitrogens with zero attached hydrogens (tertiary/aromatic N) is 4. The molecular formula is C9H9BrN6O2. The Bertz CT molecular complexity index is 597. The van der Waals surface area contributed by atoms with Crippen LogP contribution in [0.4, 0.5) is 5.95 Å². The van der Waals surface area contributed by atoms with E-state index in [1.807, 2.05) is 0 Å². The van der Waals surface area contributed by atoms with Crippen molar-refractivity contribution in [3.63, 3.8) is 0 Å². The second-order valence-corrected chi connectivity index (χ2v) is 4.15. The molecule has 9 heteroatoms. The quantitative estimate of drug-likeness (QED) is 0.374. The van der Waals surface area contributed by atoms with Crippen molar-refractivity contribution >= 4 is 28.1 Å². The lowest BCUT2D eigenvalue weighted by atomic mass is 10.2. The molecule has 0 aliphatic carbocycles. The van der Waals surface area contributed by atoms with Crippen molar-refractivity contribution in [2.24, 2.45) is 5.10 Å². The van der Waals surface area contributed by atoms with E-state index in [1.54, 1.807) is 0 Å². The van der Waals surface area contributed by atoms with Crippen LogP contribution in [-0.4, -0.2) is 31.3 Å². The van der Waals surface area contributed by atoms with Crippen LogP contribution in [0.15, 0.2) is 28.0 Å². The summed E-state index contributed by atoms with van der Waals surface area (Å²) >= 11 is 3.13. The van der Waals surface area contributed by atoms with Crippen molar-refractivity contribution in [3.8, 4) is 11.5 Å². The summed E-state index contributed by atoms with van der Waals surface area (Å²) in [7, 11) is 0. The number of phenolic OH excluding ortho intramolecular Hbond substituents is 2. The molecule has 0 saturated heterocycles. The van der Waals surface area contributed by atoms with Gasteiger partial charge in [-0.3, -0.25) is 0 Å². The Kier molecular flexibility index (Phi) is 3.33. The maximum atomic E-state index is 9.57. The number of hydrogen-bond acceptors (Lipinski definition) is 7. The van der Waals surface area contributed by atoms with Gasteiger partial charge in [0.1, 0.15) is 17.8 Å². The number of halogens is 1. The Hall–Kier alpha value is -2.29. The maximum Gasteiger partial charge on any atom is 0.263 e. The van der Waals surface area contributed by atoms with Gasteiger partial charge >= 0.3 is 0 Å². The summed E-state index contributed by atoms with van der Waals surface area (Å²) in [6.45, 7) is 0. The number of nitrogens with two attached hydrogens (primary N) is 1. The highest BCUT2D eigenvalue weighted by Gasteiger charge is 2.05. The van der Waals surface area contributed by atoms with Crippen LogP contribution >= 0.6 is 15.9 Å². The number of anilines is 1. The van der Waals surface area contributed by atoms with Crippen LogP contribution in [0, 0.1) is 0 Å². The van der Waals surface area contributed by atoms with Gasteiger partial charge in [0, 0.05) is 11.6 Å². The lowest BCUT2D eigenvalue weighted by Crippen LogP contribution is -2.10. The van der Waals surface area contributed by atoms with Crippen molar-refractivity contribution in [1.29, 1.82) is 0 Å². The fourth-order valence-corrected chi connectivity index (χ4v) is 1.51. The van der Waals surface area contributed by atoms with Crippen molar-refractivity contribution in [1.82, 2.24) is 14.9 Å². The Balaban J connectivity index is 2.14. The predicted molar refractivity (Wildman–Crippen MR) is 68.9 cm³/mol. The molecule has 0 atom stereocenters. The molecule has 0 bridgehead atoms. The molecule has 5 N–H and O–H groups in total. The Morgan fingerprint density at radius 3 is 2.83 bits per heavy atom. The number of aromatic hydroxyl groups is 2. The first kappa shape index (κ1) is 12.2. The van der Waals surface area contributed by atoms with Crippen LogP contribution in [0.25, 0.3) is 0 Å². The molecule has 0 fully saturated rings. The van der Waals surface area contributed by atoms with Gasteiger partial charge in [0.15, 0.2) is 0 Å². The van der Waals surface area contributed by atoms with Gasteiger partial charge in [-0.25, -0.2) is 10.1 Å². The lowest BCUT2D eigenvalue weighted by Gasteiger charge is -2.02. The number of benzene rings is 1. The molecule has 1 aromatic carbocycles. The van der Waals surface area contributed by atoms with Gasteiger partial charge in [0.25, 0.3) is 5.95 Å². The highest BCUT2D eigenvalue weighted by Crippen LogP contribution is 2.30. The van der Waals surface area contributed by atoms with Gasteiger partial charge < -0.3 is 16.1 Å². The van der Waals surface area contributed by atoms with Crippen molar-refractivity contribution < 1.29 is 10.2 Å². The zero-order valence-corrected chi connectivity index (χ0v) is 10.5. The van der Waals surface area contributed by atoms with E-state index in [0.29, 0.717) is 10.0 Å².